The van der Waals surface area contributed by atoms with Gasteiger partial charge in [0.25, 0.3) is 0 Å². The summed E-state index contributed by atoms with van der Waals surface area (Å²) in [6, 6.07) is 10.6. The topological polar surface area (TPSA) is 122 Å². The molecule has 0 amide bonds. The molecule has 180 valence electrons. The van der Waals surface area contributed by atoms with Crippen molar-refractivity contribution in [1.29, 1.82) is 0 Å². The van der Waals surface area contributed by atoms with Crippen LogP contribution in [0.1, 0.15) is 38.8 Å². The number of hydrogen-bond acceptors (Lipinski definition) is 8. The summed E-state index contributed by atoms with van der Waals surface area (Å²) in [4.78, 5) is 24.2. The summed E-state index contributed by atoms with van der Waals surface area (Å²) in [6.45, 7) is 4.02. The Bertz CT molecular complexity index is 1340. The second-order valence-corrected chi connectivity index (χ2v) is 12.3. The Morgan fingerprint density at radius 3 is 2.68 bits per heavy atom. The summed E-state index contributed by atoms with van der Waals surface area (Å²) in [5.74, 6) is 1.19. The lowest BCUT2D eigenvalue weighted by Gasteiger charge is -2.16. The molecule has 34 heavy (non-hydrogen) atoms. The number of Topliss-reactive ketones (excluding diaryl/α,β-unsaturated/α-hetero) is 1. The van der Waals surface area contributed by atoms with Gasteiger partial charge in [0.2, 0.25) is 0 Å². The molecular formula is C24H27N3O5S2. The van der Waals surface area contributed by atoms with Crippen LogP contribution in [0.5, 0.6) is 11.5 Å². The van der Waals surface area contributed by atoms with E-state index in [0.29, 0.717) is 37.3 Å². The standard InChI is InChI=1S/C24H27N3O5S2/c1-24(2,29)9-8-16(28)12-19-14-26-23(33-19)21-11-15-10-17(4-6-20(15)27-21)32-18-5-7-22(25-13-18)34(3,30)31/h4-7,10-11,13,19,27,29H,8-9,12,14H2,1-3H3. The zero-order chi connectivity index (χ0) is 24.5. The Kier molecular flexibility index (Phi) is 6.84. The molecule has 0 aliphatic carbocycles. The Labute approximate surface area is 202 Å². The fourth-order valence-electron chi connectivity index (χ4n) is 3.55. The largest absolute Gasteiger partial charge is 0.456 e. The highest BCUT2D eigenvalue weighted by molar-refractivity contribution is 8.15. The van der Waals surface area contributed by atoms with E-state index in [2.05, 4.69) is 15.0 Å². The SMILES string of the molecule is CC(C)(O)CCC(=O)CC1CN=C(c2cc3cc(Oc4ccc(S(C)(=O)=O)nc4)ccc3[nH]2)S1. The number of carbonyl (C=O) groups is 1. The Balaban J connectivity index is 1.39. The van der Waals surface area contributed by atoms with Gasteiger partial charge < -0.3 is 14.8 Å². The minimum absolute atomic E-state index is 0.00217. The van der Waals surface area contributed by atoms with E-state index in [4.69, 9.17) is 4.74 Å². The Morgan fingerprint density at radius 2 is 2.00 bits per heavy atom. The number of rotatable bonds is 9. The number of sulfone groups is 1. The van der Waals surface area contributed by atoms with E-state index in [-0.39, 0.29) is 16.1 Å². The first kappa shape index (κ1) is 24.4. The van der Waals surface area contributed by atoms with Crippen molar-refractivity contribution < 1.29 is 23.1 Å². The van der Waals surface area contributed by atoms with Crippen molar-refractivity contribution in [2.24, 2.45) is 4.99 Å². The molecule has 1 aliphatic heterocycles. The van der Waals surface area contributed by atoms with Crippen LogP contribution in [-0.2, 0) is 14.6 Å². The number of carbonyl (C=O) groups excluding carboxylic acids is 1. The molecule has 4 rings (SSSR count). The van der Waals surface area contributed by atoms with Crippen LogP contribution in [0.4, 0.5) is 0 Å². The highest BCUT2D eigenvalue weighted by atomic mass is 32.2. The number of benzene rings is 1. The third-order valence-electron chi connectivity index (χ3n) is 5.34. The Morgan fingerprint density at radius 1 is 1.24 bits per heavy atom. The van der Waals surface area contributed by atoms with Crippen LogP contribution in [0.15, 0.2) is 52.6 Å². The number of pyridine rings is 1. The van der Waals surface area contributed by atoms with E-state index >= 15 is 0 Å². The van der Waals surface area contributed by atoms with Gasteiger partial charge in [-0.3, -0.25) is 9.79 Å². The van der Waals surface area contributed by atoms with Gasteiger partial charge in [0.05, 0.1) is 24.0 Å². The maximum absolute atomic E-state index is 12.3. The van der Waals surface area contributed by atoms with Crippen molar-refractivity contribution in [3.63, 3.8) is 0 Å². The first-order chi connectivity index (χ1) is 16.0. The van der Waals surface area contributed by atoms with Crippen LogP contribution in [-0.4, -0.2) is 58.0 Å². The summed E-state index contributed by atoms with van der Waals surface area (Å²) < 4.78 is 28.9. The third-order valence-corrected chi connectivity index (χ3v) is 7.56. The first-order valence-electron chi connectivity index (χ1n) is 10.9. The number of nitrogens with one attached hydrogen (secondary N) is 1. The number of aliphatic hydroxyl groups is 1. The molecule has 0 spiro atoms. The van der Waals surface area contributed by atoms with Crippen LogP contribution in [0, 0.1) is 0 Å². The van der Waals surface area contributed by atoms with E-state index < -0.39 is 15.4 Å². The maximum atomic E-state index is 12.3. The number of hydrogen-bond donors (Lipinski definition) is 2. The molecule has 2 N–H and O–H groups in total. The molecule has 0 saturated carbocycles. The summed E-state index contributed by atoms with van der Waals surface area (Å²) in [5, 5.41) is 11.7. The van der Waals surface area contributed by atoms with Gasteiger partial charge in [-0.2, -0.15) is 0 Å². The molecular weight excluding hydrogens is 474 g/mol. The second-order valence-electron chi connectivity index (χ2n) is 9.08. The predicted octanol–water partition coefficient (Wildman–Crippen LogP) is 4.13. The number of nitrogens with zero attached hydrogens (tertiary/aromatic N) is 2. The smallest absolute Gasteiger partial charge is 0.192 e. The number of ketones is 1. The summed E-state index contributed by atoms with van der Waals surface area (Å²) in [7, 11) is -3.36. The van der Waals surface area contributed by atoms with E-state index in [1.807, 2.05) is 24.3 Å². The lowest BCUT2D eigenvalue weighted by Crippen LogP contribution is -2.21. The number of aromatic nitrogens is 2. The van der Waals surface area contributed by atoms with Crippen LogP contribution >= 0.6 is 11.8 Å². The lowest BCUT2D eigenvalue weighted by atomic mass is 9.99. The molecule has 10 heteroatoms. The molecule has 8 nitrogen and oxygen atoms in total. The molecule has 0 fully saturated rings. The first-order valence-corrected chi connectivity index (χ1v) is 13.7. The van der Waals surface area contributed by atoms with Gasteiger partial charge in [-0.05, 0) is 56.7 Å². The number of thioether (sulfide) groups is 1. The second kappa shape index (κ2) is 9.52. The quantitative estimate of drug-likeness (QED) is 0.452. The maximum Gasteiger partial charge on any atom is 0.192 e. The summed E-state index contributed by atoms with van der Waals surface area (Å²) in [5.41, 5.74) is 0.993. The molecule has 0 saturated heterocycles. The minimum Gasteiger partial charge on any atom is -0.456 e. The zero-order valence-electron chi connectivity index (χ0n) is 19.2. The van der Waals surface area contributed by atoms with Gasteiger partial charge >= 0.3 is 0 Å². The number of aromatic amines is 1. The van der Waals surface area contributed by atoms with E-state index in [1.54, 1.807) is 31.7 Å². The van der Waals surface area contributed by atoms with Crippen molar-refractivity contribution in [2.45, 2.75) is 49.0 Å². The molecule has 1 atom stereocenters. The van der Waals surface area contributed by atoms with E-state index in [9.17, 15) is 18.3 Å². The molecule has 3 heterocycles. The fraction of sp³-hybridized carbons (Fsp3) is 0.375. The fourth-order valence-corrected chi connectivity index (χ4v) is 5.22. The molecule has 1 aliphatic rings. The van der Waals surface area contributed by atoms with Crippen molar-refractivity contribution in [3.8, 4) is 11.5 Å². The van der Waals surface area contributed by atoms with Crippen LogP contribution in [0.2, 0.25) is 0 Å². The predicted molar refractivity (Wildman–Crippen MR) is 134 cm³/mol. The van der Waals surface area contributed by atoms with Gasteiger partial charge in [-0.25, -0.2) is 13.4 Å². The number of H-pyrrole nitrogens is 1. The summed E-state index contributed by atoms with van der Waals surface area (Å²) in [6.07, 6.45) is 3.77. The number of aliphatic imine (C=N–C) groups is 1. The van der Waals surface area contributed by atoms with Crippen molar-refractivity contribution in [2.75, 3.05) is 12.8 Å². The zero-order valence-corrected chi connectivity index (χ0v) is 20.9. The highest BCUT2D eigenvalue weighted by Crippen LogP contribution is 2.32. The molecule has 1 unspecified atom stereocenters. The molecule has 0 radical (unpaired) electrons. The van der Waals surface area contributed by atoms with Crippen LogP contribution in [0.25, 0.3) is 10.9 Å². The van der Waals surface area contributed by atoms with Gasteiger partial charge in [0.1, 0.15) is 22.3 Å². The minimum atomic E-state index is -3.36. The van der Waals surface area contributed by atoms with Crippen molar-refractivity contribution in [1.82, 2.24) is 9.97 Å². The van der Waals surface area contributed by atoms with Crippen LogP contribution < -0.4 is 4.74 Å². The molecule has 2 aromatic heterocycles. The van der Waals surface area contributed by atoms with E-state index in [0.717, 1.165) is 27.9 Å². The van der Waals surface area contributed by atoms with Gasteiger partial charge in [0, 0.05) is 35.3 Å². The molecule has 0 bridgehead atoms. The number of ether oxygens (including phenoxy) is 1. The van der Waals surface area contributed by atoms with Gasteiger partial charge in [-0.15, -0.1) is 0 Å². The molecule has 3 aromatic rings. The van der Waals surface area contributed by atoms with E-state index in [1.165, 1.54) is 12.3 Å². The van der Waals surface area contributed by atoms with Crippen molar-refractivity contribution >= 4 is 43.3 Å². The summed E-state index contributed by atoms with van der Waals surface area (Å²) >= 11 is 1.60. The monoisotopic (exact) mass is 501 g/mol. The average molecular weight is 502 g/mol. The van der Waals surface area contributed by atoms with Crippen molar-refractivity contribution in [3.05, 3.63) is 48.3 Å². The third kappa shape index (κ3) is 6.25. The Hall–Kier alpha value is -2.69. The van der Waals surface area contributed by atoms with Gasteiger partial charge in [0.15, 0.2) is 14.9 Å². The van der Waals surface area contributed by atoms with Crippen LogP contribution in [0.3, 0.4) is 0 Å². The highest BCUT2D eigenvalue weighted by Gasteiger charge is 2.25. The van der Waals surface area contributed by atoms with Gasteiger partial charge in [-0.1, -0.05) is 11.8 Å². The number of fused-ring (bicyclic) bond motifs is 1. The normalized spacial score (nSPS) is 16.6. The average Bonchev–Trinajstić information content (AvgIpc) is 3.38. The molecule has 1 aromatic carbocycles. The lowest BCUT2D eigenvalue weighted by molar-refractivity contribution is -0.120.